The van der Waals surface area contributed by atoms with E-state index in [9.17, 15) is 4.79 Å². The van der Waals surface area contributed by atoms with Gasteiger partial charge >= 0.3 is 6.03 Å². The third-order valence-corrected chi connectivity index (χ3v) is 4.50. The second-order valence-corrected chi connectivity index (χ2v) is 6.48. The molecule has 0 saturated heterocycles. The molecule has 8 nitrogen and oxygen atoms in total. The van der Waals surface area contributed by atoms with Crippen molar-refractivity contribution in [3.63, 3.8) is 0 Å². The summed E-state index contributed by atoms with van der Waals surface area (Å²) in [5, 5.41) is 5.72. The van der Waals surface area contributed by atoms with Crippen molar-refractivity contribution in [1.29, 1.82) is 0 Å². The number of anilines is 1. The van der Waals surface area contributed by atoms with Crippen molar-refractivity contribution in [1.82, 2.24) is 24.8 Å². The fraction of sp³-hybridized carbons (Fsp3) is 0.182. The van der Waals surface area contributed by atoms with Gasteiger partial charge in [-0.25, -0.2) is 14.8 Å². The molecular weight excluding hydrogens is 380 g/mol. The number of hydrogen-bond acceptors (Lipinski definition) is 5. The van der Waals surface area contributed by atoms with Gasteiger partial charge < -0.3 is 19.9 Å². The highest BCUT2D eigenvalue weighted by Crippen LogP contribution is 2.24. The molecule has 2 N–H and O–H groups in total. The van der Waals surface area contributed by atoms with Gasteiger partial charge in [0.25, 0.3) is 0 Å². The predicted octanol–water partition coefficient (Wildman–Crippen LogP) is 3.71. The molecule has 4 aromatic rings. The van der Waals surface area contributed by atoms with Crippen LogP contribution in [0.5, 0.6) is 5.75 Å². The number of imidazole rings is 1. The standard InChI is InChI=1S/C22H22N6O2/c1-2-30-19-8-4-3-6-17(19)27-22(29)25-14-15-28-20(16-9-12-23-13-10-16)26-18-7-5-11-24-21(18)28/h3-13H,2,14-15H2,1H3,(H2,25,27,29). The molecular formula is C22H22N6O2. The summed E-state index contributed by atoms with van der Waals surface area (Å²) in [5.74, 6) is 1.43. The lowest BCUT2D eigenvalue weighted by molar-refractivity contribution is 0.251. The van der Waals surface area contributed by atoms with Crippen molar-refractivity contribution >= 4 is 22.9 Å². The smallest absolute Gasteiger partial charge is 0.319 e. The first-order valence-electron chi connectivity index (χ1n) is 9.74. The molecule has 0 spiro atoms. The van der Waals surface area contributed by atoms with Crippen molar-refractivity contribution in [3.05, 3.63) is 67.1 Å². The lowest BCUT2D eigenvalue weighted by Gasteiger charge is -2.13. The third kappa shape index (κ3) is 4.22. The molecule has 3 aromatic heterocycles. The van der Waals surface area contributed by atoms with Gasteiger partial charge in [0.2, 0.25) is 0 Å². The van der Waals surface area contributed by atoms with Crippen molar-refractivity contribution in [2.45, 2.75) is 13.5 Å². The Morgan fingerprint density at radius 1 is 1.07 bits per heavy atom. The molecule has 0 aliphatic heterocycles. The van der Waals surface area contributed by atoms with Crippen LogP contribution in [0.15, 0.2) is 67.1 Å². The molecule has 30 heavy (non-hydrogen) atoms. The largest absolute Gasteiger partial charge is 0.492 e. The van der Waals surface area contributed by atoms with E-state index in [2.05, 4.69) is 20.6 Å². The van der Waals surface area contributed by atoms with Crippen LogP contribution in [0.4, 0.5) is 10.5 Å². The molecule has 0 aliphatic rings. The van der Waals surface area contributed by atoms with Crippen LogP contribution < -0.4 is 15.4 Å². The zero-order valence-electron chi connectivity index (χ0n) is 16.6. The Kier molecular flexibility index (Phi) is 5.84. The number of aromatic nitrogens is 4. The van der Waals surface area contributed by atoms with Crippen LogP contribution in [0.25, 0.3) is 22.6 Å². The molecule has 1 aromatic carbocycles. The fourth-order valence-corrected chi connectivity index (χ4v) is 3.19. The van der Waals surface area contributed by atoms with E-state index in [1.807, 2.05) is 54.0 Å². The molecule has 0 saturated carbocycles. The number of nitrogens with zero attached hydrogens (tertiary/aromatic N) is 4. The Balaban J connectivity index is 1.47. The minimum atomic E-state index is -0.301. The van der Waals surface area contributed by atoms with Gasteiger partial charge in [-0.05, 0) is 43.3 Å². The van der Waals surface area contributed by atoms with Crippen LogP contribution in [0.1, 0.15) is 6.92 Å². The molecule has 0 aliphatic carbocycles. The molecule has 2 amide bonds. The van der Waals surface area contributed by atoms with Gasteiger partial charge in [0.05, 0.1) is 12.3 Å². The van der Waals surface area contributed by atoms with Crippen LogP contribution in [-0.4, -0.2) is 38.7 Å². The van der Waals surface area contributed by atoms with Crippen molar-refractivity contribution in [2.24, 2.45) is 0 Å². The van der Waals surface area contributed by atoms with Crippen LogP contribution in [0, 0.1) is 0 Å². The van der Waals surface area contributed by atoms with Crippen molar-refractivity contribution < 1.29 is 9.53 Å². The minimum absolute atomic E-state index is 0.301. The minimum Gasteiger partial charge on any atom is -0.492 e. The molecule has 0 fully saturated rings. The highest BCUT2D eigenvalue weighted by molar-refractivity contribution is 5.90. The first-order chi connectivity index (χ1) is 14.8. The highest BCUT2D eigenvalue weighted by Gasteiger charge is 2.14. The van der Waals surface area contributed by atoms with Gasteiger partial charge in [-0.1, -0.05) is 12.1 Å². The maximum Gasteiger partial charge on any atom is 0.319 e. The Morgan fingerprint density at radius 3 is 2.73 bits per heavy atom. The summed E-state index contributed by atoms with van der Waals surface area (Å²) in [6, 6.07) is 14.6. The lowest BCUT2D eigenvalue weighted by atomic mass is 10.2. The summed E-state index contributed by atoms with van der Waals surface area (Å²) in [4.78, 5) is 25.6. The SMILES string of the molecule is CCOc1ccccc1NC(=O)NCCn1c(-c2ccncc2)nc2cccnc21. The van der Waals surface area contributed by atoms with E-state index in [1.54, 1.807) is 24.7 Å². The molecule has 152 valence electrons. The molecule has 0 unspecified atom stereocenters. The van der Waals surface area contributed by atoms with Crippen LogP contribution in [0.2, 0.25) is 0 Å². The Hall–Kier alpha value is -3.94. The summed E-state index contributed by atoms with van der Waals surface area (Å²) < 4.78 is 7.55. The van der Waals surface area contributed by atoms with E-state index in [0.29, 0.717) is 31.1 Å². The molecule has 0 bridgehead atoms. The molecule has 4 rings (SSSR count). The van der Waals surface area contributed by atoms with Gasteiger partial charge in [0.15, 0.2) is 5.65 Å². The fourth-order valence-electron chi connectivity index (χ4n) is 3.19. The first kappa shape index (κ1) is 19.4. The van der Waals surface area contributed by atoms with E-state index < -0.39 is 0 Å². The van der Waals surface area contributed by atoms with Crippen LogP contribution in [0.3, 0.4) is 0 Å². The van der Waals surface area contributed by atoms with Crippen LogP contribution in [-0.2, 0) is 6.54 Å². The zero-order valence-corrected chi connectivity index (χ0v) is 16.6. The van der Waals surface area contributed by atoms with Gasteiger partial charge in [0, 0.05) is 37.2 Å². The Labute approximate surface area is 174 Å². The van der Waals surface area contributed by atoms with Gasteiger partial charge in [-0.2, -0.15) is 0 Å². The number of carbonyl (C=O) groups excluding carboxylic acids is 1. The number of carbonyl (C=O) groups is 1. The van der Waals surface area contributed by atoms with Crippen LogP contribution >= 0.6 is 0 Å². The number of hydrogen-bond donors (Lipinski definition) is 2. The average molecular weight is 402 g/mol. The summed E-state index contributed by atoms with van der Waals surface area (Å²) in [7, 11) is 0. The number of para-hydroxylation sites is 2. The predicted molar refractivity (Wildman–Crippen MR) is 115 cm³/mol. The van der Waals surface area contributed by atoms with E-state index in [1.165, 1.54) is 0 Å². The quantitative estimate of drug-likeness (QED) is 0.491. The van der Waals surface area contributed by atoms with Gasteiger partial charge in [-0.15, -0.1) is 0 Å². The highest BCUT2D eigenvalue weighted by atomic mass is 16.5. The lowest BCUT2D eigenvalue weighted by Crippen LogP contribution is -2.31. The van der Waals surface area contributed by atoms with Crippen molar-refractivity contribution in [2.75, 3.05) is 18.5 Å². The normalized spacial score (nSPS) is 10.7. The topological polar surface area (TPSA) is 94.0 Å². The number of amides is 2. The number of fused-ring (bicyclic) bond motifs is 1. The first-order valence-corrected chi connectivity index (χ1v) is 9.74. The van der Waals surface area contributed by atoms with Gasteiger partial charge in [-0.3, -0.25) is 4.98 Å². The Bertz CT molecular complexity index is 1140. The number of pyridine rings is 2. The summed E-state index contributed by atoms with van der Waals surface area (Å²) in [6.07, 6.45) is 5.20. The van der Waals surface area contributed by atoms with Gasteiger partial charge in [0.1, 0.15) is 17.1 Å². The van der Waals surface area contributed by atoms with Crippen molar-refractivity contribution in [3.8, 4) is 17.1 Å². The van der Waals surface area contributed by atoms with E-state index in [-0.39, 0.29) is 6.03 Å². The van der Waals surface area contributed by atoms with E-state index in [4.69, 9.17) is 9.72 Å². The maximum atomic E-state index is 12.4. The maximum absolute atomic E-state index is 12.4. The summed E-state index contributed by atoms with van der Waals surface area (Å²) >= 11 is 0. The second-order valence-electron chi connectivity index (χ2n) is 6.48. The monoisotopic (exact) mass is 402 g/mol. The van der Waals surface area contributed by atoms with E-state index >= 15 is 0 Å². The average Bonchev–Trinajstić information content (AvgIpc) is 3.15. The molecule has 3 heterocycles. The molecule has 8 heteroatoms. The molecule has 0 atom stereocenters. The number of benzene rings is 1. The number of nitrogens with one attached hydrogen (secondary N) is 2. The number of urea groups is 1. The zero-order chi connectivity index (χ0) is 20.8. The molecule has 0 radical (unpaired) electrons. The number of ether oxygens (including phenoxy) is 1. The summed E-state index contributed by atoms with van der Waals surface area (Å²) in [5.41, 5.74) is 3.15. The third-order valence-electron chi connectivity index (χ3n) is 4.50. The van der Waals surface area contributed by atoms with E-state index in [0.717, 1.165) is 22.6 Å². The summed E-state index contributed by atoms with van der Waals surface area (Å²) in [6.45, 7) is 3.36. The second kappa shape index (κ2) is 9.04. The number of rotatable bonds is 7. The Morgan fingerprint density at radius 2 is 1.90 bits per heavy atom.